The molecule has 0 atom stereocenters. The summed E-state index contributed by atoms with van der Waals surface area (Å²) in [6, 6.07) is 0.186. The molecule has 1 rings (SSSR count). The van der Waals surface area contributed by atoms with Gasteiger partial charge in [0.25, 0.3) is 0 Å². The maximum Gasteiger partial charge on any atom is 0.234 e. The lowest BCUT2D eigenvalue weighted by Gasteiger charge is -2.08. The largest absolute Gasteiger partial charge is 0.353 e. The van der Waals surface area contributed by atoms with Gasteiger partial charge in [0.2, 0.25) is 5.91 Å². The topological polar surface area (TPSA) is 69.8 Å². The van der Waals surface area contributed by atoms with E-state index in [9.17, 15) is 4.79 Å². The van der Waals surface area contributed by atoms with Crippen molar-refractivity contribution in [3.8, 4) is 0 Å². The Balaban J connectivity index is 2.22. The van der Waals surface area contributed by atoms with Gasteiger partial charge >= 0.3 is 0 Å². The number of aromatic amines is 1. The highest BCUT2D eigenvalue weighted by molar-refractivity contribution is 5.78. The van der Waals surface area contributed by atoms with E-state index < -0.39 is 0 Å². The Bertz CT molecular complexity index is 319. The minimum atomic E-state index is 0.0122. The van der Waals surface area contributed by atoms with E-state index >= 15 is 0 Å². The van der Waals surface area contributed by atoms with Gasteiger partial charge in [-0.3, -0.25) is 4.79 Å². The van der Waals surface area contributed by atoms with Crippen molar-refractivity contribution < 1.29 is 4.79 Å². The van der Waals surface area contributed by atoms with Crippen LogP contribution in [0.3, 0.4) is 0 Å². The summed E-state index contributed by atoms with van der Waals surface area (Å²) in [6.07, 6.45) is 1.65. The molecule has 84 valence electrons. The molecular formula is C10H18N4O. The fourth-order valence-electron chi connectivity index (χ4n) is 1.23. The average Bonchev–Trinajstić information content (AvgIpc) is 2.50. The molecule has 0 radical (unpaired) electrons. The highest BCUT2D eigenvalue weighted by atomic mass is 16.1. The third-order valence-electron chi connectivity index (χ3n) is 1.96. The molecule has 15 heavy (non-hydrogen) atoms. The molecule has 0 saturated heterocycles. The second-order valence-electron chi connectivity index (χ2n) is 3.80. The SMILES string of the molecule is Cc1[nH]cnc1CNCC(=O)NC(C)C. The average molecular weight is 210 g/mol. The molecule has 0 saturated carbocycles. The highest BCUT2D eigenvalue weighted by Gasteiger charge is 2.04. The predicted molar refractivity (Wildman–Crippen MR) is 58.3 cm³/mol. The van der Waals surface area contributed by atoms with Crippen LogP contribution < -0.4 is 10.6 Å². The number of rotatable bonds is 5. The van der Waals surface area contributed by atoms with E-state index in [2.05, 4.69) is 20.6 Å². The Morgan fingerprint density at radius 1 is 1.60 bits per heavy atom. The zero-order chi connectivity index (χ0) is 11.3. The monoisotopic (exact) mass is 210 g/mol. The van der Waals surface area contributed by atoms with Gasteiger partial charge in [-0.25, -0.2) is 4.98 Å². The van der Waals surface area contributed by atoms with E-state index in [4.69, 9.17) is 0 Å². The lowest BCUT2D eigenvalue weighted by molar-refractivity contribution is -0.120. The Kier molecular flexibility index (Phi) is 4.30. The molecule has 0 spiro atoms. The van der Waals surface area contributed by atoms with Gasteiger partial charge in [-0.05, 0) is 20.8 Å². The van der Waals surface area contributed by atoms with Gasteiger partial charge in [0, 0.05) is 18.3 Å². The highest BCUT2D eigenvalue weighted by Crippen LogP contribution is 1.98. The fraction of sp³-hybridized carbons (Fsp3) is 0.600. The van der Waals surface area contributed by atoms with Crippen LogP contribution in [0.25, 0.3) is 0 Å². The number of carbonyl (C=O) groups excluding carboxylic acids is 1. The van der Waals surface area contributed by atoms with Crippen molar-refractivity contribution in [2.45, 2.75) is 33.4 Å². The number of hydrogen-bond donors (Lipinski definition) is 3. The van der Waals surface area contributed by atoms with E-state index in [1.165, 1.54) is 0 Å². The number of aryl methyl sites for hydroxylation is 1. The molecule has 1 amide bonds. The van der Waals surface area contributed by atoms with Crippen molar-refractivity contribution in [2.24, 2.45) is 0 Å². The van der Waals surface area contributed by atoms with Crippen LogP contribution in [0, 0.1) is 6.92 Å². The summed E-state index contributed by atoms with van der Waals surface area (Å²) in [5, 5.41) is 5.85. The second-order valence-corrected chi connectivity index (χ2v) is 3.80. The molecule has 5 heteroatoms. The van der Waals surface area contributed by atoms with Gasteiger partial charge in [0.05, 0.1) is 18.6 Å². The molecule has 0 fully saturated rings. The Hall–Kier alpha value is -1.36. The molecule has 0 bridgehead atoms. The minimum absolute atomic E-state index is 0.0122. The first-order valence-corrected chi connectivity index (χ1v) is 5.08. The van der Waals surface area contributed by atoms with Gasteiger partial charge in [-0.2, -0.15) is 0 Å². The minimum Gasteiger partial charge on any atom is -0.353 e. The van der Waals surface area contributed by atoms with Crippen LogP contribution in [0.15, 0.2) is 6.33 Å². The molecule has 0 aliphatic carbocycles. The van der Waals surface area contributed by atoms with Gasteiger partial charge in [0.1, 0.15) is 0 Å². The molecule has 1 aromatic rings. The first kappa shape index (κ1) is 11.7. The molecule has 0 aromatic carbocycles. The first-order chi connectivity index (χ1) is 7.09. The summed E-state index contributed by atoms with van der Waals surface area (Å²) in [5.74, 6) is 0.0122. The molecule has 1 heterocycles. The van der Waals surface area contributed by atoms with E-state index in [1.807, 2.05) is 20.8 Å². The standard InChI is InChI=1S/C10H18N4O/c1-7(2)14-10(15)5-11-4-9-8(3)12-6-13-9/h6-7,11H,4-5H2,1-3H3,(H,12,13)(H,14,15). The molecule has 3 N–H and O–H groups in total. The Labute approximate surface area is 89.7 Å². The third kappa shape index (κ3) is 4.12. The van der Waals surface area contributed by atoms with Crippen LogP contribution in [0.4, 0.5) is 0 Å². The van der Waals surface area contributed by atoms with Crippen molar-refractivity contribution in [1.29, 1.82) is 0 Å². The van der Waals surface area contributed by atoms with Gasteiger partial charge in [-0.1, -0.05) is 0 Å². The number of nitrogens with zero attached hydrogens (tertiary/aromatic N) is 1. The maximum absolute atomic E-state index is 11.3. The summed E-state index contributed by atoms with van der Waals surface area (Å²) >= 11 is 0. The van der Waals surface area contributed by atoms with E-state index in [-0.39, 0.29) is 11.9 Å². The van der Waals surface area contributed by atoms with Crippen molar-refractivity contribution in [3.05, 3.63) is 17.7 Å². The number of nitrogens with one attached hydrogen (secondary N) is 3. The van der Waals surface area contributed by atoms with Crippen molar-refractivity contribution in [1.82, 2.24) is 20.6 Å². The lowest BCUT2D eigenvalue weighted by Crippen LogP contribution is -2.37. The molecule has 0 aliphatic rings. The smallest absolute Gasteiger partial charge is 0.234 e. The molecule has 1 aromatic heterocycles. The van der Waals surface area contributed by atoms with Crippen molar-refractivity contribution >= 4 is 5.91 Å². The van der Waals surface area contributed by atoms with Crippen molar-refractivity contribution in [3.63, 3.8) is 0 Å². The van der Waals surface area contributed by atoms with Crippen LogP contribution in [0.1, 0.15) is 25.2 Å². The lowest BCUT2D eigenvalue weighted by atomic mass is 10.3. The normalized spacial score (nSPS) is 10.7. The van der Waals surface area contributed by atoms with E-state index in [0.717, 1.165) is 11.4 Å². The maximum atomic E-state index is 11.3. The van der Waals surface area contributed by atoms with Gasteiger partial charge in [0.15, 0.2) is 0 Å². The van der Waals surface area contributed by atoms with Crippen LogP contribution in [0.5, 0.6) is 0 Å². The molecule has 0 aliphatic heterocycles. The summed E-state index contributed by atoms with van der Waals surface area (Å²) in [5.41, 5.74) is 1.99. The van der Waals surface area contributed by atoms with Gasteiger partial charge < -0.3 is 15.6 Å². The van der Waals surface area contributed by atoms with Crippen LogP contribution in [-0.4, -0.2) is 28.5 Å². The Morgan fingerprint density at radius 2 is 2.33 bits per heavy atom. The summed E-state index contributed by atoms with van der Waals surface area (Å²) in [7, 11) is 0. The first-order valence-electron chi connectivity index (χ1n) is 5.08. The van der Waals surface area contributed by atoms with E-state index in [0.29, 0.717) is 13.1 Å². The number of imidazole rings is 1. The zero-order valence-corrected chi connectivity index (χ0v) is 9.42. The van der Waals surface area contributed by atoms with Crippen molar-refractivity contribution in [2.75, 3.05) is 6.54 Å². The quantitative estimate of drug-likeness (QED) is 0.656. The van der Waals surface area contributed by atoms with Crippen LogP contribution in [-0.2, 0) is 11.3 Å². The Morgan fingerprint density at radius 3 is 2.87 bits per heavy atom. The number of H-pyrrole nitrogens is 1. The third-order valence-corrected chi connectivity index (χ3v) is 1.96. The molecular weight excluding hydrogens is 192 g/mol. The predicted octanol–water partition coefficient (Wildman–Crippen LogP) is 0.332. The molecule has 0 unspecified atom stereocenters. The summed E-state index contributed by atoms with van der Waals surface area (Å²) in [4.78, 5) is 18.4. The van der Waals surface area contributed by atoms with Crippen LogP contribution in [0.2, 0.25) is 0 Å². The van der Waals surface area contributed by atoms with Crippen LogP contribution >= 0.6 is 0 Å². The molecule has 5 nitrogen and oxygen atoms in total. The zero-order valence-electron chi connectivity index (χ0n) is 9.42. The summed E-state index contributed by atoms with van der Waals surface area (Å²) < 4.78 is 0. The number of hydrogen-bond acceptors (Lipinski definition) is 3. The summed E-state index contributed by atoms with van der Waals surface area (Å²) in [6.45, 7) is 6.77. The number of carbonyl (C=O) groups is 1. The second kappa shape index (κ2) is 5.50. The van der Waals surface area contributed by atoms with E-state index in [1.54, 1.807) is 6.33 Å². The van der Waals surface area contributed by atoms with Gasteiger partial charge in [-0.15, -0.1) is 0 Å². The fourth-order valence-corrected chi connectivity index (χ4v) is 1.23. The number of amides is 1. The number of aromatic nitrogens is 2.